The Morgan fingerprint density at radius 2 is 2.05 bits per heavy atom. The van der Waals surface area contributed by atoms with Gasteiger partial charge >= 0.3 is 0 Å². The molecular formula is C15H18Cl2N2O2S. The van der Waals surface area contributed by atoms with Crippen molar-refractivity contribution in [2.75, 3.05) is 0 Å². The van der Waals surface area contributed by atoms with Crippen LogP contribution in [0, 0.1) is 0 Å². The van der Waals surface area contributed by atoms with Crippen LogP contribution in [0.15, 0.2) is 12.1 Å². The zero-order valence-electron chi connectivity index (χ0n) is 12.6. The summed E-state index contributed by atoms with van der Waals surface area (Å²) in [4.78, 5) is 0. The van der Waals surface area contributed by atoms with Crippen molar-refractivity contribution in [2.24, 2.45) is 0 Å². The van der Waals surface area contributed by atoms with Crippen LogP contribution in [0.5, 0.6) is 5.75 Å². The van der Waals surface area contributed by atoms with Gasteiger partial charge in [-0.2, -0.15) is 0 Å². The number of hydrogen-bond acceptors (Lipinski definition) is 2. The average Bonchev–Trinajstić information content (AvgIpc) is 2.95. The van der Waals surface area contributed by atoms with E-state index in [2.05, 4.69) is 4.72 Å². The summed E-state index contributed by atoms with van der Waals surface area (Å²) in [5, 5.41) is 11.6. The number of rotatable bonds is 2. The predicted molar refractivity (Wildman–Crippen MR) is 92.0 cm³/mol. The van der Waals surface area contributed by atoms with Gasteiger partial charge in [0.2, 0.25) is 0 Å². The first-order valence-corrected chi connectivity index (χ1v) is 8.99. The second-order valence-electron chi connectivity index (χ2n) is 6.51. The number of hydrogen-bond donors (Lipinski definition) is 2. The van der Waals surface area contributed by atoms with Gasteiger partial charge in [0.05, 0.1) is 37.3 Å². The minimum absolute atomic E-state index is 0.0262. The Morgan fingerprint density at radius 1 is 1.36 bits per heavy atom. The first-order chi connectivity index (χ1) is 10.2. The number of aromatic nitrogens is 1. The molecular weight excluding hydrogens is 343 g/mol. The Bertz CT molecular complexity index is 780. The van der Waals surface area contributed by atoms with Gasteiger partial charge in [-0.15, -0.1) is 0 Å². The van der Waals surface area contributed by atoms with Crippen molar-refractivity contribution in [2.45, 2.75) is 44.5 Å². The standard InChI is InChI=1S/C15H18Cl2N2O2S/c1-15(2,3)22(21)18-10-4-5-19-11(10)6-8-12(20)7-9(16)13(17)14(8)19/h6-7,10,18,20H,4-5H2,1-3H3/t10-,22?/m0/s1. The summed E-state index contributed by atoms with van der Waals surface area (Å²) in [5.74, 6) is 0.113. The normalized spacial score (nSPS) is 19.6. The predicted octanol–water partition coefficient (Wildman–Crippen LogP) is 4.15. The summed E-state index contributed by atoms with van der Waals surface area (Å²) < 4.78 is 17.2. The maximum Gasteiger partial charge on any atom is 0.126 e. The van der Waals surface area contributed by atoms with Gasteiger partial charge < -0.3 is 9.67 Å². The highest BCUT2D eigenvalue weighted by Gasteiger charge is 2.31. The topological polar surface area (TPSA) is 54.3 Å². The first kappa shape index (κ1) is 16.1. The third kappa shape index (κ3) is 2.54. The molecule has 3 rings (SSSR count). The summed E-state index contributed by atoms with van der Waals surface area (Å²) in [7, 11) is -1.16. The van der Waals surface area contributed by atoms with E-state index in [4.69, 9.17) is 23.2 Å². The minimum Gasteiger partial charge on any atom is -0.507 e. The van der Waals surface area contributed by atoms with Gasteiger partial charge in [-0.05, 0) is 33.3 Å². The van der Waals surface area contributed by atoms with Crippen molar-refractivity contribution in [3.05, 3.63) is 27.9 Å². The molecule has 120 valence electrons. The van der Waals surface area contributed by atoms with Crippen LogP contribution in [0.2, 0.25) is 10.0 Å². The summed E-state index contributed by atoms with van der Waals surface area (Å²) in [6, 6.07) is 3.33. The van der Waals surface area contributed by atoms with Crippen molar-refractivity contribution in [1.29, 1.82) is 0 Å². The van der Waals surface area contributed by atoms with Crippen LogP contribution in [-0.2, 0) is 17.5 Å². The quantitative estimate of drug-likeness (QED) is 0.844. The fraction of sp³-hybridized carbons (Fsp3) is 0.467. The van der Waals surface area contributed by atoms with Crippen LogP contribution >= 0.6 is 23.2 Å². The van der Waals surface area contributed by atoms with Crippen LogP contribution < -0.4 is 4.72 Å². The Hall–Kier alpha value is -0.750. The molecule has 0 fully saturated rings. The largest absolute Gasteiger partial charge is 0.507 e. The third-order valence-electron chi connectivity index (χ3n) is 3.89. The molecule has 7 heteroatoms. The lowest BCUT2D eigenvalue weighted by Gasteiger charge is -2.21. The van der Waals surface area contributed by atoms with E-state index in [9.17, 15) is 9.32 Å². The van der Waals surface area contributed by atoms with Crippen LogP contribution in [-0.4, -0.2) is 18.6 Å². The van der Waals surface area contributed by atoms with Crippen LogP contribution in [0.1, 0.15) is 38.9 Å². The average molecular weight is 361 g/mol. The van der Waals surface area contributed by atoms with E-state index in [1.54, 1.807) is 0 Å². The second kappa shape index (κ2) is 5.41. The Kier molecular flexibility index (Phi) is 3.96. The Balaban J connectivity index is 2.06. The zero-order valence-corrected chi connectivity index (χ0v) is 14.9. The maximum atomic E-state index is 12.3. The van der Waals surface area contributed by atoms with Crippen molar-refractivity contribution in [3.63, 3.8) is 0 Å². The van der Waals surface area contributed by atoms with Crippen LogP contribution in [0.4, 0.5) is 0 Å². The Morgan fingerprint density at radius 3 is 2.68 bits per heavy atom. The molecule has 2 heterocycles. The highest BCUT2D eigenvalue weighted by molar-refractivity contribution is 7.84. The smallest absolute Gasteiger partial charge is 0.126 e. The number of nitrogens with one attached hydrogen (secondary N) is 1. The summed E-state index contributed by atoms with van der Waals surface area (Å²) >= 11 is 12.4. The molecule has 0 spiro atoms. The Labute approximate surface area is 142 Å². The molecule has 4 nitrogen and oxygen atoms in total. The molecule has 0 saturated heterocycles. The number of phenols is 1. The van der Waals surface area contributed by atoms with Gasteiger partial charge in [-0.1, -0.05) is 23.2 Å². The maximum absolute atomic E-state index is 12.3. The summed E-state index contributed by atoms with van der Waals surface area (Å²) in [6.07, 6.45) is 0.830. The minimum atomic E-state index is -1.16. The molecule has 1 aromatic heterocycles. The SMILES string of the molecule is CC(C)(C)S(=O)N[C@H]1CCn2c1cc1c(O)cc(Cl)c(Cl)c12. The van der Waals surface area contributed by atoms with Gasteiger partial charge in [-0.3, -0.25) is 0 Å². The molecule has 1 aliphatic rings. The molecule has 0 amide bonds. The van der Waals surface area contributed by atoms with Gasteiger partial charge in [0.15, 0.2) is 0 Å². The lowest BCUT2D eigenvalue weighted by atomic mass is 10.1. The molecule has 22 heavy (non-hydrogen) atoms. The first-order valence-electron chi connectivity index (χ1n) is 7.08. The zero-order chi connectivity index (χ0) is 16.2. The number of phenolic OH excluding ortho intramolecular Hbond substituents is 1. The molecule has 1 unspecified atom stereocenters. The molecule has 2 N–H and O–H groups in total. The van der Waals surface area contributed by atoms with Crippen molar-refractivity contribution >= 4 is 45.1 Å². The number of aromatic hydroxyl groups is 1. The van der Waals surface area contributed by atoms with E-state index in [1.165, 1.54) is 6.07 Å². The molecule has 1 aliphatic heterocycles. The van der Waals surface area contributed by atoms with Gasteiger partial charge in [-0.25, -0.2) is 8.93 Å². The molecule has 2 atom stereocenters. The second-order valence-corrected chi connectivity index (χ2v) is 9.30. The van der Waals surface area contributed by atoms with E-state index in [0.29, 0.717) is 15.4 Å². The van der Waals surface area contributed by atoms with E-state index in [-0.39, 0.29) is 16.5 Å². The highest BCUT2D eigenvalue weighted by Crippen LogP contribution is 2.42. The van der Waals surface area contributed by atoms with Crippen molar-refractivity contribution in [3.8, 4) is 5.75 Å². The van der Waals surface area contributed by atoms with Crippen LogP contribution in [0.25, 0.3) is 10.9 Å². The van der Waals surface area contributed by atoms with Crippen molar-refractivity contribution in [1.82, 2.24) is 9.29 Å². The van der Waals surface area contributed by atoms with Crippen LogP contribution in [0.3, 0.4) is 0 Å². The molecule has 0 saturated carbocycles. The van der Waals surface area contributed by atoms with E-state index < -0.39 is 11.0 Å². The molecule has 2 aromatic rings. The number of aryl methyl sites for hydroxylation is 1. The lowest BCUT2D eigenvalue weighted by Crippen LogP contribution is -2.35. The van der Waals surface area contributed by atoms with Gasteiger partial charge in [0.1, 0.15) is 5.75 Å². The number of nitrogens with zero attached hydrogens (tertiary/aromatic N) is 1. The summed E-state index contributed by atoms with van der Waals surface area (Å²) in [6.45, 7) is 6.55. The number of halogens is 2. The van der Waals surface area contributed by atoms with E-state index in [1.807, 2.05) is 31.4 Å². The van der Waals surface area contributed by atoms with E-state index >= 15 is 0 Å². The lowest BCUT2D eigenvalue weighted by molar-refractivity contribution is 0.481. The van der Waals surface area contributed by atoms with Gasteiger partial charge in [0, 0.05) is 23.7 Å². The summed E-state index contributed by atoms with van der Waals surface area (Å²) in [5.41, 5.74) is 1.72. The number of benzene rings is 1. The fourth-order valence-electron chi connectivity index (χ4n) is 2.74. The molecule has 0 aliphatic carbocycles. The molecule has 0 bridgehead atoms. The molecule has 1 aromatic carbocycles. The van der Waals surface area contributed by atoms with Gasteiger partial charge in [0.25, 0.3) is 0 Å². The molecule has 0 radical (unpaired) electrons. The van der Waals surface area contributed by atoms with E-state index in [0.717, 1.165) is 24.2 Å². The van der Waals surface area contributed by atoms with Crippen molar-refractivity contribution < 1.29 is 9.32 Å². The number of fused-ring (bicyclic) bond motifs is 3. The fourth-order valence-corrected chi connectivity index (χ4v) is 4.04. The highest BCUT2D eigenvalue weighted by atomic mass is 35.5. The monoisotopic (exact) mass is 360 g/mol. The third-order valence-corrected chi connectivity index (χ3v) is 6.28.